The molecule has 2 aromatic rings. The number of carbonyl (C=O) groups is 1. The highest BCUT2D eigenvalue weighted by Crippen LogP contribution is 2.24. The van der Waals surface area contributed by atoms with Crippen molar-refractivity contribution in [1.29, 1.82) is 0 Å². The van der Waals surface area contributed by atoms with Crippen LogP contribution in [0.2, 0.25) is 0 Å². The van der Waals surface area contributed by atoms with E-state index in [1.807, 2.05) is 32.9 Å². The van der Waals surface area contributed by atoms with Crippen LogP contribution in [0.3, 0.4) is 0 Å². The third kappa shape index (κ3) is 4.14. The molecule has 0 unspecified atom stereocenters. The summed E-state index contributed by atoms with van der Waals surface area (Å²) in [6, 6.07) is 3.99. The van der Waals surface area contributed by atoms with Gasteiger partial charge >= 0.3 is 0 Å². The van der Waals surface area contributed by atoms with Crippen molar-refractivity contribution in [2.45, 2.75) is 33.3 Å². The summed E-state index contributed by atoms with van der Waals surface area (Å²) in [5, 5.41) is 9.45. The van der Waals surface area contributed by atoms with E-state index in [1.165, 1.54) is 4.88 Å². The van der Waals surface area contributed by atoms with Gasteiger partial charge in [-0.1, -0.05) is 0 Å². The van der Waals surface area contributed by atoms with Gasteiger partial charge in [-0.15, -0.1) is 16.4 Å². The molecule has 0 spiro atoms. The summed E-state index contributed by atoms with van der Waals surface area (Å²) in [4.78, 5) is 18.1. The van der Waals surface area contributed by atoms with E-state index in [2.05, 4.69) is 20.5 Å². The van der Waals surface area contributed by atoms with Crippen LogP contribution >= 0.6 is 11.3 Å². The lowest BCUT2D eigenvalue weighted by Crippen LogP contribution is -2.16. The number of nitrogens with one attached hydrogen (secondary N) is 2. The monoisotopic (exact) mass is 294 g/mol. The van der Waals surface area contributed by atoms with Gasteiger partial charge in [-0.25, -0.2) is 0 Å². The van der Waals surface area contributed by atoms with E-state index in [1.54, 1.807) is 11.3 Å². The number of thiophene rings is 1. The fraction of sp³-hybridized carbons (Fsp3) is 0.462. The Morgan fingerprint density at radius 1 is 1.50 bits per heavy atom. The molecule has 0 saturated heterocycles. The molecule has 2 N–H and O–H groups in total. The van der Waals surface area contributed by atoms with Crippen LogP contribution in [0, 0.1) is 6.92 Å². The zero-order chi connectivity index (χ0) is 14.5. The van der Waals surface area contributed by atoms with Crippen molar-refractivity contribution in [3.8, 4) is 10.7 Å². The Kier molecular flexibility index (Phi) is 4.86. The number of aromatic amines is 1. The van der Waals surface area contributed by atoms with Crippen LogP contribution in [0.1, 0.15) is 25.1 Å². The Balaban J connectivity index is 1.88. The first-order valence-electron chi connectivity index (χ1n) is 6.45. The molecule has 0 aliphatic carbocycles. The molecule has 6 nitrogen and oxygen atoms in total. The summed E-state index contributed by atoms with van der Waals surface area (Å²) in [6.45, 7) is 6.29. The van der Waals surface area contributed by atoms with Crippen LogP contribution < -0.4 is 5.32 Å². The van der Waals surface area contributed by atoms with E-state index < -0.39 is 0 Å². The van der Waals surface area contributed by atoms with Crippen LogP contribution in [0.4, 0.5) is 5.95 Å². The molecular formula is C13H18N4O2S. The molecule has 2 heterocycles. The number of rotatable bonds is 6. The predicted octanol–water partition coefficient (Wildman–Crippen LogP) is 2.60. The highest BCUT2D eigenvalue weighted by Gasteiger charge is 2.10. The summed E-state index contributed by atoms with van der Waals surface area (Å²) in [5.41, 5.74) is 0. The van der Waals surface area contributed by atoms with Gasteiger partial charge < -0.3 is 4.74 Å². The molecule has 2 rings (SSSR count). The maximum atomic E-state index is 11.7. The molecule has 20 heavy (non-hydrogen) atoms. The van der Waals surface area contributed by atoms with Crippen LogP contribution in [0.5, 0.6) is 0 Å². The van der Waals surface area contributed by atoms with E-state index >= 15 is 0 Å². The first-order valence-corrected chi connectivity index (χ1v) is 7.27. The number of anilines is 1. The van der Waals surface area contributed by atoms with E-state index in [-0.39, 0.29) is 12.0 Å². The number of aromatic nitrogens is 3. The lowest BCUT2D eigenvalue weighted by atomic mass is 10.4. The van der Waals surface area contributed by atoms with Gasteiger partial charge in [-0.3, -0.25) is 15.2 Å². The lowest BCUT2D eigenvalue weighted by molar-refractivity contribution is -0.117. The minimum Gasteiger partial charge on any atom is -0.378 e. The van der Waals surface area contributed by atoms with Gasteiger partial charge in [-0.2, -0.15) is 4.98 Å². The molecule has 0 aliphatic rings. The van der Waals surface area contributed by atoms with Gasteiger partial charge in [0.2, 0.25) is 11.9 Å². The molecule has 0 atom stereocenters. The average molecular weight is 294 g/mol. The van der Waals surface area contributed by atoms with Crippen LogP contribution in [-0.2, 0) is 9.53 Å². The van der Waals surface area contributed by atoms with Crippen molar-refractivity contribution >= 4 is 23.2 Å². The maximum absolute atomic E-state index is 11.7. The molecule has 0 aliphatic heterocycles. The van der Waals surface area contributed by atoms with Crippen molar-refractivity contribution in [1.82, 2.24) is 15.2 Å². The number of hydrogen-bond acceptors (Lipinski definition) is 5. The number of amides is 1. The number of H-pyrrole nitrogens is 1. The molecule has 0 saturated carbocycles. The fourth-order valence-corrected chi connectivity index (χ4v) is 2.37. The quantitative estimate of drug-likeness (QED) is 0.858. The third-order valence-corrected chi connectivity index (χ3v) is 3.50. The second-order valence-electron chi connectivity index (χ2n) is 4.64. The zero-order valence-corrected chi connectivity index (χ0v) is 12.6. The highest BCUT2D eigenvalue weighted by atomic mass is 32.1. The maximum Gasteiger partial charge on any atom is 0.249 e. The molecule has 7 heteroatoms. The fourth-order valence-electron chi connectivity index (χ4n) is 1.56. The lowest BCUT2D eigenvalue weighted by Gasteiger charge is -2.06. The van der Waals surface area contributed by atoms with Crippen LogP contribution in [-0.4, -0.2) is 33.8 Å². The Hall–Kier alpha value is -1.73. The molecule has 0 aromatic carbocycles. The minimum atomic E-state index is -0.154. The first-order chi connectivity index (χ1) is 9.54. The number of aryl methyl sites for hydroxylation is 1. The Morgan fingerprint density at radius 2 is 2.30 bits per heavy atom. The molecule has 2 aromatic heterocycles. The molecule has 1 amide bonds. The van der Waals surface area contributed by atoms with Crippen LogP contribution in [0.25, 0.3) is 10.7 Å². The normalized spacial score (nSPS) is 11.0. The Labute approximate surface area is 121 Å². The van der Waals surface area contributed by atoms with E-state index in [4.69, 9.17) is 4.74 Å². The van der Waals surface area contributed by atoms with Crippen molar-refractivity contribution in [3.05, 3.63) is 17.0 Å². The number of nitrogens with zero attached hydrogens (tertiary/aromatic N) is 2. The summed E-state index contributed by atoms with van der Waals surface area (Å²) >= 11 is 1.62. The second-order valence-corrected chi connectivity index (χ2v) is 5.92. The third-order valence-electron chi connectivity index (χ3n) is 2.49. The molecule has 0 bridgehead atoms. The van der Waals surface area contributed by atoms with Crippen molar-refractivity contribution in [2.75, 3.05) is 11.9 Å². The minimum absolute atomic E-state index is 0.125. The summed E-state index contributed by atoms with van der Waals surface area (Å²) < 4.78 is 5.32. The molecular weight excluding hydrogens is 276 g/mol. The SMILES string of the molecule is Cc1ccc(-c2nc(NC(=O)CCOC(C)C)n[nH]2)s1. The second kappa shape index (κ2) is 6.62. The van der Waals surface area contributed by atoms with E-state index in [9.17, 15) is 4.79 Å². The summed E-state index contributed by atoms with van der Waals surface area (Å²) in [7, 11) is 0. The summed E-state index contributed by atoms with van der Waals surface area (Å²) in [6.07, 6.45) is 0.417. The smallest absolute Gasteiger partial charge is 0.249 e. The molecule has 108 valence electrons. The van der Waals surface area contributed by atoms with Crippen molar-refractivity contribution in [3.63, 3.8) is 0 Å². The highest BCUT2D eigenvalue weighted by molar-refractivity contribution is 7.15. The topological polar surface area (TPSA) is 79.9 Å². The Bertz CT molecular complexity index is 576. The standard InChI is InChI=1S/C13H18N4O2S/c1-8(2)19-7-6-11(18)14-13-15-12(16-17-13)10-5-4-9(3)20-10/h4-5,8H,6-7H2,1-3H3,(H2,14,15,16,17,18). The largest absolute Gasteiger partial charge is 0.378 e. The van der Waals surface area contributed by atoms with E-state index in [0.29, 0.717) is 24.8 Å². The molecule has 0 fully saturated rings. The molecule has 0 radical (unpaired) electrons. The number of hydrogen-bond donors (Lipinski definition) is 2. The zero-order valence-electron chi connectivity index (χ0n) is 11.8. The van der Waals surface area contributed by atoms with Gasteiger partial charge in [0.1, 0.15) is 0 Å². The van der Waals surface area contributed by atoms with Crippen molar-refractivity contribution < 1.29 is 9.53 Å². The average Bonchev–Trinajstić information content (AvgIpc) is 2.97. The van der Waals surface area contributed by atoms with Crippen molar-refractivity contribution in [2.24, 2.45) is 0 Å². The van der Waals surface area contributed by atoms with Gasteiger partial charge in [0, 0.05) is 4.88 Å². The van der Waals surface area contributed by atoms with Gasteiger partial charge in [0.15, 0.2) is 5.82 Å². The van der Waals surface area contributed by atoms with Gasteiger partial charge in [0.25, 0.3) is 0 Å². The first kappa shape index (κ1) is 14.7. The summed E-state index contributed by atoms with van der Waals surface area (Å²) in [5.74, 6) is 0.802. The number of ether oxygens (including phenoxy) is 1. The van der Waals surface area contributed by atoms with E-state index in [0.717, 1.165) is 4.88 Å². The van der Waals surface area contributed by atoms with Gasteiger partial charge in [-0.05, 0) is 32.9 Å². The van der Waals surface area contributed by atoms with Gasteiger partial charge in [0.05, 0.1) is 24.0 Å². The number of carbonyl (C=O) groups excluding carboxylic acids is 1. The predicted molar refractivity (Wildman–Crippen MR) is 78.8 cm³/mol. The van der Waals surface area contributed by atoms with Crippen LogP contribution in [0.15, 0.2) is 12.1 Å². The Morgan fingerprint density at radius 3 is 2.95 bits per heavy atom.